The van der Waals surface area contributed by atoms with Crippen LogP contribution in [0.1, 0.15) is 19.3 Å². The Bertz CT molecular complexity index is 197. The zero-order valence-corrected chi connectivity index (χ0v) is 8.07. The number of rotatable bonds is 4. The Balaban J connectivity index is 2.20. The first-order valence-electron chi connectivity index (χ1n) is 4.66. The van der Waals surface area contributed by atoms with Gasteiger partial charge < -0.3 is 10.0 Å². The molecule has 1 fully saturated rings. The molecular formula is C10H17NO2. The van der Waals surface area contributed by atoms with E-state index < -0.39 is 0 Å². The highest BCUT2D eigenvalue weighted by Crippen LogP contribution is 2.27. The Morgan fingerprint density at radius 2 is 2.31 bits per heavy atom. The summed E-state index contributed by atoms with van der Waals surface area (Å²) in [6.07, 6.45) is 3.57. The molecule has 0 atom stereocenters. The van der Waals surface area contributed by atoms with Crippen LogP contribution in [0.3, 0.4) is 0 Å². The molecule has 1 rings (SSSR count). The molecule has 0 aliphatic heterocycles. The molecule has 0 spiro atoms. The fourth-order valence-electron chi connectivity index (χ4n) is 1.62. The first-order chi connectivity index (χ1) is 6.13. The molecule has 0 aromatic rings. The number of hydrogen-bond acceptors (Lipinski definition) is 2. The topological polar surface area (TPSA) is 40.5 Å². The number of aliphatic hydroxyl groups excluding tert-OH is 1. The quantitative estimate of drug-likeness (QED) is 0.655. The molecule has 0 unspecified atom stereocenters. The second kappa shape index (κ2) is 4.42. The third-order valence-electron chi connectivity index (χ3n) is 2.49. The summed E-state index contributed by atoms with van der Waals surface area (Å²) in [6.45, 7) is 4.29. The van der Waals surface area contributed by atoms with Gasteiger partial charge in [0.1, 0.15) is 0 Å². The molecule has 0 bridgehead atoms. The van der Waals surface area contributed by atoms with Crippen molar-refractivity contribution >= 4 is 5.91 Å². The highest BCUT2D eigenvalue weighted by atomic mass is 16.3. The van der Waals surface area contributed by atoms with Crippen molar-refractivity contribution < 1.29 is 9.90 Å². The van der Waals surface area contributed by atoms with Gasteiger partial charge in [0.25, 0.3) is 0 Å². The second-order valence-electron chi connectivity index (χ2n) is 3.76. The normalized spacial score (nSPS) is 26.3. The Hall–Kier alpha value is -0.830. The molecule has 0 aromatic heterocycles. The van der Waals surface area contributed by atoms with Crippen molar-refractivity contribution in [3.63, 3.8) is 0 Å². The lowest BCUT2D eigenvalue weighted by Gasteiger charge is -2.34. The number of carbonyl (C=O) groups is 1. The summed E-state index contributed by atoms with van der Waals surface area (Å²) in [7, 11) is 1.80. The van der Waals surface area contributed by atoms with Crippen LogP contribution in [0.2, 0.25) is 0 Å². The van der Waals surface area contributed by atoms with Crippen LogP contribution in [0, 0.1) is 5.92 Å². The number of nitrogens with zero attached hydrogens (tertiary/aromatic N) is 1. The second-order valence-corrected chi connectivity index (χ2v) is 3.76. The van der Waals surface area contributed by atoms with Crippen molar-refractivity contribution in [2.75, 3.05) is 13.6 Å². The van der Waals surface area contributed by atoms with Crippen molar-refractivity contribution in [2.45, 2.75) is 25.4 Å². The van der Waals surface area contributed by atoms with Gasteiger partial charge in [0, 0.05) is 20.0 Å². The van der Waals surface area contributed by atoms with Crippen LogP contribution in [-0.4, -0.2) is 35.6 Å². The predicted octanol–water partition coefficient (Wildman–Crippen LogP) is 0.792. The number of aliphatic hydroxyl groups is 1. The van der Waals surface area contributed by atoms with Crippen LogP contribution >= 0.6 is 0 Å². The minimum atomic E-state index is -0.132. The summed E-state index contributed by atoms with van der Waals surface area (Å²) < 4.78 is 0. The monoisotopic (exact) mass is 183 g/mol. The molecule has 3 nitrogen and oxygen atoms in total. The van der Waals surface area contributed by atoms with Crippen LogP contribution in [0.5, 0.6) is 0 Å². The first kappa shape index (κ1) is 10.3. The van der Waals surface area contributed by atoms with Crippen molar-refractivity contribution in [3.05, 3.63) is 12.7 Å². The summed E-state index contributed by atoms with van der Waals surface area (Å²) in [5.74, 6) is 0.602. The minimum Gasteiger partial charge on any atom is -0.393 e. The summed E-state index contributed by atoms with van der Waals surface area (Å²) in [6, 6.07) is 0. The Kier molecular flexibility index (Phi) is 3.48. The average Bonchev–Trinajstić information content (AvgIpc) is 2.02. The summed E-state index contributed by atoms with van der Waals surface area (Å²) >= 11 is 0. The molecule has 0 radical (unpaired) electrons. The van der Waals surface area contributed by atoms with Crippen molar-refractivity contribution in [1.29, 1.82) is 0 Å². The summed E-state index contributed by atoms with van der Waals surface area (Å²) in [4.78, 5) is 13.0. The van der Waals surface area contributed by atoms with Crippen molar-refractivity contribution in [3.8, 4) is 0 Å². The summed E-state index contributed by atoms with van der Waals surface area (Å²) in [5.41, 5.74) is 0. The lowest BCUT2D eigenvalue weighted by atomic mass is 9.82. The van der Waals surface area contributed by atoms with Gasteiger partial charge in [0.05, 0.1) is 6.10 Å². The highest BCUT2D eigenvalue weighted by molar-refractivity contribution is 5.77. The smallest absolute Gasteiger partial charge is 0.226 e. The third-order valence-corrected chi connectivity index (χ3v) is 2.49. The Morgan fingerprint density at radius 1 is 1.69 bits per heavy atom. The van der Waals surface area contributed by atoms with Crippen LogP contribution < -0.4 is 0 Å². The van der Waals surface area contributed by atoms with Crippen LogP contribution in [0.4, 0.5) is 0 Å². The van der Waals surface area contributed by atoms with Crippen LogP contribution in [0.15, 0.2) is 12.7 Å². The molecule has 3 heteroatoms. The maximum Gasteiger partial charge on any atom is 0.226 e. The molecular weight excluding hydrogens is 166 g/mol. The standard InChI is InChI=1S/C10H17NO2/c1-3-4-10(13)11(2)7-8-5-9(12)6-8/h3,8-9,12H,1,4-7H2,2H3. The van der Waals surface area contributed by atoms with E-state index in [1.54, 1.807) is 18.0 Å². The fraction of sp³-hybridized carbons (Fsp3) is 0.700. The lowest BCUT2D eigenvalue weighted by molar-refractivity contribution is -0.130. The van der Waals surface area contributed by atoms with Crippen LogP contribution in [-0.2, 0) is 4.79 Å². The SMILES string of the molecule is C=CCC(=O)N(C)CC1CC(O)C1. The first-order valence-corrected chi connectivity index (χ1v) is 4.66. The predicted molar refractivity (Wildman–Crippen MR) is 51.2 cm³/mol. The van der Waals surface area contributed by atoms with Gasteiger partial charge in [0.2, 0.25) is 5.91 Å². The van der Waals surface area contributed by atoms with E-state index in [2.05, 4.69) is 6.58 Å². The van der Waals surface area contributed by atoms with E-state index >= 15 is 0 Å². The molecule has 0 heterocycles. The molecule has 1 N–H and O–H groups in total. The number of hydrogen-bond donors (Lipinski definition) is 1. The lowest BCUT2D eigenvalue weighted by Crippen LogP contribution is -2.39. The van der Waals surface area contributed by atoms with E-state index in [-0.39, 0.29) is 12.0 Å². The van der Waals surface area contributed by atoms with Gasteiger partial charge in [-0.3, -0.25) is 4.79 Å². The minimum absolute atomic E-state index is 0.108. The van der Waals surface area contributed by atoms with Gasteiger partial charge in [0.15, 0.2) is 0 Å². The number of amides is 1. The Labute approximate surface area is 79.0 Å². The van der Waals surface area contributed by atoms with E-state index in [1.165, 1.54) is 0 Å². The third kappa shape index (κ3) is 2.84. The maximum absolute atomic E-state index is 11.3. The zero-order valence-electron chi connectivity index (χ0n) is 8.07. The molecule has 74 valence electrons. The van der Waals surface area contributed by atoms with Gasteiger partial charge in [-0.1, -0.05) is 6.08 Å². The van der Waals surface area contributed by atoms with Gasteiger partial charge in [-0.2, -0.15) is 0 Å². The van der Waals surface area contributed by atoms with E-state index in [9.17, 15) is 4.79 Å². The van der Waals surface area contributed by atoms with E-state index in [0.29, 0.717) is 12.3 Å². The molecule has 1 aliphatic carbocycles. The largest absolute Gasteiger partial charge is 0.393 e. The average molecular weight is 183 g/mol. The molecule has 1 amide bonds. The molecule has 0 saturated heterocycles. The van der Waals surface area contributed by atoms with Gasteiger partial charge in [-0.05, 0) is 18.8 Å². The summed E-state index contributed by atoms with van der Waals surface area (Å²) in [5, 5.41) is 9.05. The fourth-order valence-corrected chi connectivity index (χ4v) is 1.62. The van der Waals surface area contributed by atoms with Crippen molar-refractivity contribution in [1.82, 2.24) is 4.90 Å². The molecule has 1 saturated carbocycles. The maximum atomic E-state index is 11.3. The van der Waals surface area contributed by atoms with E-state index in [1.807, 2.05) is 0 Å². The number of carbonyl (C=O) groups excluding carboxylic acids is 1. The highest BCUT2D eigenvalue weighted by Gasteiger charge is 2.28. The molecule has 1 aliphatic rings. The Morgan fingerprint density at radius 3 is 2.77 bits per heavy atom. The zero-order chi connectivity index (χ0) is 9.84. The van der Waals surface area contributed by atoms with E-state index in [0.717, 1.165) is 19.4 Å². The van der Waals surface area contributed by atoms with Crippen LogP contribution in [0.25, 0.3) is 0 Å². The van der Waals surface area contributed by atoms with E-state index in [4.69, 9.17) is 5.11 Å². The van der Waals surface area contributed by atoms with Crippen molar-refractivity contribution in [2.24, 2.45) is 5.92 Å². The van der Waals surface area contributed by atoms with Gasteiger partial charge in [-0.25, -0.2) is 0 Å². The molecule has 13 heavy (non-hydrogen) atoms. The van der Waals surface area contributed by atoms with Gasteiger partial charge in [-0.15, -0.1) is 6.58 Å². The van der Waals surface area contributed by atoms with Gasteiger partial charge >= 0.3 is 0 Å². The molecule has 0 aromatic carbocycles.